The molecule has 0 fully saturated rings. The van der Waals surface area contributed by atoms with Crippen LogP contribution in [0.25, 0.3) is 0 Å². The number of halogens is 4. The van der Waals surface area contributed by atoms with Crippen molar-refractivity contribution >= 4 is 34.2 Å². The maximum atomic E-state index is 13.1. The molecule has 0 saturated heterocycles. The molecule has 2 aromatic rings. The summed E-state index contributed by atoms with van der Waals surface area (Å²) in [6.07, 6.45) is -0.604. The molecule has 2 aromatic carbocycles. The average Bonchev–Trinajstić information content (AvgIpc) is 2.37. The summed E-state index contributed by atoms with van der Waals surface area (Å²) in [5, 5.41) is 10.6. The molecule has 100 valence electrons. The Bertz CT molecular complexity index is 604. The van der Waals surface area contributed by atoms with Crippen LogP contribution in [0.15, 0.2) is 36.4 Å². The van der Waals surface area contributed by atoms with Crippen LogP contribution in [0, 0.1) is 15.2 Å². The van der Waals surface area contributed by atoms with Crippen molar-refractivity contribution in [2.75, 3.05) is 0 Å². The summed E-state index contributed by atoms with van der Waals surface area (Å²) in [6.45, 7) is 0. The molecule has 0 aliphatic rings. The van der Waals surface area contributed by atoms with Gasteiger partial charge in [-0.15, -0.1) is 0 Å². The van der Waals surface area contributed by atoms with Gasteiger partial charge in [-0.1, -0.05) is 23.7 Å². The van der Waals surface area contributed by atoms with E-state index in [9.17, 15) is 13.9 Å². The first-order valence-corrected chi connectivity index (χ1v) is 7.00. The van der Waals surface area contributed by atoms with Crippen LogP contribution in [0.2, 0.25) is 5.02 Å². The van der Waals surface area contributed by atoms with Gasteiger partial charge in [-0.3, -0.25) is 0 Å². The van der Waals surface area contributed by atoms with Gasteiger partial charge in [0.15, 0.2) is 11.6 Å². The quantitative estimate of drug-likeness (QED) is 0.760. The Hall–Kier alpha value is -0.720. The molecule has 1 nitrogen and oxygen atoms in total. The fourth-order valence-electron chi connectivity index (χ4n) is 1.73. The monoisotopic (exact) mass is 394 g/mol. The van der Waals surface area contributed by atoms with Gasteiger partial charge in [0, 0.05) is 9.99 Å². The first-order chi connectivity index (χ1) is 8.97. The van der Waals surface area contributed by atoms with E-state index in [1.807, 2.05) is 0 Å². The number of aliphatic hydroxyl groups is 1. The van der Waals surface area contributed by atoms with Gasteiger partial charge in [0.1, 0.15) is 0 Å². The van der Waals surface area contributed by atoms with E-state index in [2.05, 4.69) is 22.6 Å². The van der Waals surface area contributed by atoms with E-state index in [0.717, 1.165) is 15.7 Å². The molecule has 0 aliphatic carbocycles. The average molecular weight is 395 g/mol. The SMILES string of the molecule is OC(Cc1ccc(F)c(F)c1)c1ccc(I)c(Cl)c1. The van der Waals surface area contributed by atoms with E-state index in [4.69, 9.17) is 11.6 Å². The molecular weight excluding hydrogens is 385 g/mol. The lowest BCUT2D eigenvalue weighted by molar-refractivity contribution is 0.178. The predicted molar refractivity (Wildman–Crippen MR) is 79.2 cm³/mol. The Morgan fingerprint density at radius 1 is 1.11 bits per heavy atom. The highest BCUT2D eigenvalue weighted by Crippen LogP contribution is 2.25. The maximum Gasteiger partial charge on any atom is 0.159 e. The van der Waals surface area contributed by atoms with Crippen molar-refractivity contribution in [2.45, 2.75) is 12.5 Å². The molecule has 1 atom stereocenters. The molecule has 19 heavy (non-hydrogen) atoms. The lowest BCUT2D eigenvalue weighted by Crippen LogP contribution is -2.03. The number of rotatable bonds is 3. The van der Waals surface area contributed by atoms with Crippen molar-refractivity contribution in [2.24, 2.45) is 0 Å². The molecule has 0 spiro atoms. The smallest absolute Gasteiger partial charge is 0.159 e. The predicted octanol–water partition coefficient (Wildman–Crippen LogP) is 4.50. The van der Waals surface area contributed by atoms with Crippen LogP contribution >= 0.6 is 34.2 Å². The fourth-order valence-corrected chi connectivity index (χ4v) is 2.25. The summed E-state index contributed by atoms with van der Waals surface area (Å²) in [4.78, 5) is 0. The molecule has 0 aliphatic heterocycles. The zero-order valence-electron chi connectivity index (χ0n) is 9.71. The molecule has 0 bridgehead atoms. The summed E-state index contributed by atoms with van der Waals surface area (Å²) in [5.74, 6) is -1.80. The fraction of sp³-hybridized carbons (Fsp3) is 0.143. The van der Waals surface area contributed by atoms with Gasteiger partial charge in [-0.25, -0.2) is 8.78 Å². The van der Waals surface area contributed by atoms with Gasteiger partial charge in [0.05, 0.1) is 11.1 Å². The molecule has 1 unspecified atom stereocenters. The lowest BCUT2D eigenvalue weighted by atomic mass is 10.0. The zero-order chi connectivity index (χ0) is 14.0. The first kappa shape index (κ1) is 14.7. The molecule has 2 rings (SSSR count). The molecule has 5 heteroatoms. The van der Waals surface area contributed by atoms with Gasteiger partial charge in [-0.05, 0) is 58.0 Å². The third kappa shape index (κ3) is 3.64. The summed E-state index contributed by atoms with van der Waals surface area (Å²) < 4.78 is 26.8. The summed E-state index contributed by atoms with van der Waals surface area (Å²) in [6, 6.07) is 8.83. The topological polar surface area (TPSA) is 20.2 Å². The number of hydrogen-bond donors (Lipinski definition) is 1. The molecule has 0 radical (unpaired) electrons. The van der Waals surface area contributed by atoms with Crippen molar-refractivity contribution in [3.8, 4) is 0 Å². The van der Waals surface area contributed by atoms with Crippen LogP contribution in [0.4, 0.5) is 8.78 Å². The number of benzene rings is 2. The number of hydrogen-bond acceptors (Lipinski definition) is 1. The Morgan fingerprint density at radius 2 is 1.84 bits per heavy atom. The van der Waals surface area contributed by atoms with Gasteiger partial charge in [0.2, 0.25) is 0 Å². The highest BCUT2D eigenvalue weighted by atomic mass is 127. The van der Waals surface area contributed by atoms with Gasteiger partial charge in [-0.2, -0.15) is 0 Å². The van der Waals surface area contributed by atoms with Crippen LogP contribution in [-0.4, -0.2) is 5.11 Å². The number of aliphatic hydroxyl groups excluding tert-OH is 1. The van der Waals surface area contributed by atoms with Crippen LogP contribution in [0.3, 0.4) is 0 Å². The van der Waals surface area contributed by atoms with E-state index in [0.29, 0.717) is 16.1 Å². The molecular formula is C14H10ClF2IO. The maximum absolute atomic E-state index is 13.1. The Kier molecular flexibility index (Phi) is 4.76. The Morgan fingerprint density at radius 3 is 2.47 bits per heavy atom. The van der Waals surface area contributed by atoms with Gasteiger partial charge < -0.3 is 5.11 Å². The minimum atomic E-state index is -0.912. The van der Waals surface area contributed by atoms with Gasteiger partial charge in [0.25, 0.3) is 0 Å². The minimum Gasteiger partial charge on any atom is -0.388 e. The molecule has 0 aromatic heterocycles. The van der Waals surface area contributed by atoms with Crippen molar-refractivity contribution in [3.05, 3.63) is 67.8 Å². The van der Waals surface area contributed by atoms with Crippen LogP contribution < -0.4 is 0 Å². The van der Waals surface area contributed by atoms with Crippen LogP contribution in [-0.2, 0) is 6.42 Å². The van der Waals surface area contributed by atoms with Crippen molar-refractivity contribution < 1.29 is 13.9 Å². The second-order valence-electron chi connectivity index (χ2n) is 4.14. The summed E-state index contributed by atoms with van der Waals surface area (Å²) >= 11 is 8.07. The van der Waals surface area contributed by atoms with E-state index >= 15 is 0 Å². The van der Waals surface area contributed by atoms with E-state index < -0.39 is 17.7 Å². The second kappa shape index (κ2) is 6.15. The molecule has 0 saturated carbocycles. The van der Waals surface area contributed by atoms with Crippen LogP contribution in [0.5, 0.6) is 0 Å². The van der Waals surface area contributed by atoms with Crippen molar-refractivity contribution in [3.63, 3.8) is 0 Å². The lowest BCUT2D eigenvalue weighted by Gasteiger charge is -2.12. The summed E-state index contributed by atoms with van der Waals surface area (Å²) in [5.41, 5.74) is 1.18. The molecule has 0 heterocycles. The zero-order valence-corrected chi connectivity index (χ0v) is 12.6. The standard InChI is InChI=1S/C14H10ClF2IO/c15-10-7-9(2-4-13(10)18)14(19)6-8-1-3-11(16)12(17)5-8/h1-5,7,14,19H,6H2. The molecule has 1 N–H and O–H groups in total. The van der Waals surface area contributed by atoms with Crippen molar-refractivity contribution in [1.29, 1.82) is 0 Å². The van der Waals surface area contributed by atoms with E-state index in [-0.39, 0.29) is 6.42 Å². The highest BCUT2D eigenvalue weighted by molar-refractivity contribution is 14.1. The Labute approximate surface area is 128 Å². The second-order valence-corrected chi connectivity index (χ2v) is 5.71. The Balaban J connectivity index is 2.17. The first-order valence-electron chi connectivity index (χ1n) is 5.54. The minimum absolute atomic E-state index is 0.203. The largest absolute Gasteiger partial charge is 0.388 e. The highest BCUT2D eigenvalue weighted by Gasteiger charge is 2.12. The van der Waals surface area contributed by atoms with Gasteiger partial charge >= 0.3 is 0 Å². The van der Waals surface area contributed by atoms with E-state index in [1.165, 1.54) is 6.07 Å². The summed E-state index contributed by atoms with van der Waals surface area (Å²) in [7, 11) is 0. The van der Waals surface area contributed by atoms with E-state index in [1.54, 1.807) is 18.2 Å². The van der Waals surface area contributed by atoms with Crippen molar-refractivity contribution in [1.82, 2.24) is 0 Å². The third-order valence-corrected chi connectivity index (χ3v) is 4.31. The molecule has 0 amide bonds. The van der Waals surface area contributed by atoms with Crippen LogP contribution in [0.1, 0.15) is 17.2 Å². The normalized spacial score (nSPS) is 12.5. The third-order valence-electron chi connectivity index (χ3n) is 2.74.